The van der Waals surface area contributed by atoms with E-state index in [-0.39, 0.29) is 5.91 Å². The second kappa shape index (κ2) is 7.06. The van der Waals surface area contributed by atoms with Gasteiger partial charge in [0.2, 0.25) is 0 Å². The van der Waals surface area contributed by atoms with Gasteiger partial charge in [-0.2, -0.15) is 0 Å². The Labute approximate surface area is 149 Å². The minimum Gasteiger partial charge on any atom is -0.351 e. The average molecular weight is 357 g/mol. The Balaban J connectivity index is 1.81. The van der Waals surface area contributed by atoms with Crippen molar-refractivity contribution < 1.29 is 14.4 Å². The second-order valence-electron chi connectivity index (χ2n) is 5.86. The first-order valence-corrected chi connectivity index (χ1v) is 8.86. The molecule has 1 aliphatic heterocycles. The van der Waals surface area contributed by atoms with Crippen LogP contribution in [0.3, 0.4) is 0 Å². The van der Waals surface area contributed by atoms with Crippen LogP contribution < -0.4 is 10.6 Å². The number of likely N-dealkylation sites (N-methyl/N-ethyl adjacent to an activating group) is 1. The van der Waals surface area contributed by atoms with Crippen molar-refractivity contribution in [3.8, 4) is 0 Å². The molecule has 1 aromatic heterocycles. The van der Waals surface area contributed by atoms with Crippen molar-refractivity contribution in [3.63, 3.8) is 0 Å². The molecule has 130 valence electrons. The van der Waals surface area contributed by atoms with Crippen LogP contribution in [-0.4, -0.2) is 36.2 Å². The minimum atomic E-state index is -0.754. The van der Waals surface area contributed by atoms with Gasteiger partial charge in [0.15, 0.2) is 0 Å². The van der Waals surface area contributed by atoms with Gasteiger partial charge >= 0.3 is 11.8 Å². The van der Waals surface area contributed by atoms with Gasteiger partial charge in [-0.3, -0.25) is 14.4 Å². The molecule has 0 saturated carbocycles. The molecule has 2 N–H and O–H groups in total. The van der Waals surface area contributed by atoms with Crippen molar-refractivity contribution in [1.29, 1.82) is 0 Å². The number of benzene rings is 1. The number of hydrogen-bond donors (Lipinski definition) is 2. The van der Waals surface area contributed by atoms with Gasteiger partial charge in [-0.25, -0.2) is 0 Å². The Bertz CT molecular complexity index is 844. The normalized spacial score (nSPS) is 13.1. The summed E-state index contributed by atoms with van der Waals surface area (Å²) in [6.45, 7) is 3.05. The van der Waals surface area contributed by atoms with Crippen LogP contribution in [-0.2, 0) is 22.6 Å². The van der Waals surface area contributed by atoms with E-state index in [4.69, 9.17) is 0 Å². The van der Waals surface area contributed by atoms with Crippen LogP contribution in [0.5, 0.6) is 0 Å². The number of nitrogens with one attached hydrogen (secondary N) is 2. The molecule has 0 aliphatic carbocycles. The number of carbonyl (C=O) groups excluding carboxylic acids is 3. The molecule has 0 atom stereocenters. The number of thiophene rings is 1. The van der Waals surface area contributed by atoms with Crippen LogP contribution >= 0.6 is 11.3 Å². The Hall–Kier alpha value is -2.67. The van der Waals surface area contributed by atoms with Gasteiger partial charge in [0.25, 0.3) is 5.91 Å². The maximum absolute atomic E-state index is 12.9. The molecule has 0 unspecified atom stereocenters. The summed E-state index contributed by atoms with van der Waals surface area (Å²) in [6.07, 6.45) is 0.866. The molecule has 6 nitrogen and oxygen atoms in total. The lowest BCUT2D eigenvalue weighted by molar-refractivity contribution is -0.135. The first-order chi connectivity index (χ1) is 12.0. The third-order valence-corrected chi connectivity index (χ3v) is 5.36. The van der Waals surface area contributed by atoms with Crippen molar-refractivity contribution in [2.45, 2.75) is 19.9 Å². The van der Waals surface area contributed by atoms with E-state index in [0.717, 1.165) is 6.42 Å². The first kappa shape index (κ1) is 17.2. The number of anilines is 1. The summed E-state index contributed by atoms with van der Waals surface area (Å²) >= 11 is 1.73. The predicted octanol–water partition coefficient (Wildman–Crippen LogP) is 1.94. The van der Waals surface area contributed by atoms with E-state index in [0.29, 0.717) is 29.9 Å². The number of fused-ring (bicyclic) bond motifs is 1. The number of nitrogens with zero attached hydrogens (tertiary/aromatic N) is 1. The van der Waals surface area contributed by atoms with Gasteiger partial charge in [-0.1, -0.05) is 6.07 Å². The van der Waals surface area contributed by atoms with Crippen LogP contribution in [0.15, 0.2) is 29.6 Å². The zero-order chi connectivity index (χ0) is 18.0. The van der Waals surface area contributed by atoms with Crippen LogP contribution in [0.25, 0.3) is 0 Å². The summed E-state index contributed by atoms with van der Waals surface area (Å²) < 4.78 is 0. The van der Waals surface area contributed by atoms with Gasteiger partial charge in [0.1, 0.15) is 0 Å². The van der Waals surface area contributed by atoms with Crippen LogP contribution in [0.4, 0.5) is 5.69 Å². The Morgan fingerprint density at radius 1 is 1.16 bits per heavy atom. The molecule has 3 amide bonds. The summed E-state index contributed by atoms with van der Waals surface area (Å²) in [5.74, 6) is -1.54. The molecule has 0 fully saturated rings. The highest BCUT2D eigenvalue weighted by atomic mass is 32.1. The molecule has 7 heteroatoms. The number of hydrogen-bond acceptors (Lipinski definition) is 4. The highest BCUT2D eigenvalue weighted by Crippen LogP contribution is 2.27. The topological polar surface area (TPSA) is 78.5 Å². The highest BCUT2D eigenvalue weighted by molar-refractivity contribution is 7.10. The monoisotopic (exact) mass is 357 g/mol. The van der Waals surface area contributed by atoms with E-state index >= 15 is 0 Å². The van der Waals surface area contributed by atoms with E-state index in [2.05, 4.69) is 22.1 Å². The fourth-order valence-corrected chi connectivity index (χ4v) is 3.78. The minimum absolute atomic E-state index is 0.0645. The van der Waals surface area contributed by atoms with E-state index in [1.54, 1.807) is 36.5 Å². The number of carbonyl (C=O) groups is 3. The fourth-order valence-electron chi connectivity index (χ4n) is 2.89. The van der Waals surface area contributed by atoms with Gasteiger partial charge in [-0.05, 0) is 48.1 Å². The van der Waals surface area contributed by atoms with E-state index in [1.807, 2.05) is 4.90 Å². The van der Waals surface area contributed by atoms with Crippen LogP contribution in [0, 0.1) is 6.92 Å². The van der Waals surface area contributed by atoms with Crippen LogP contribution in [0.1, 0.15) is 26.4 Å². The maximum Gasteiger partial charge on any atom is 0.313 e. The fraction of sp³-hybridized carbons (Fsp3) is 0.278. The highest BCUT2D eigenvalue weighted by Gasteiger charge is 2.24. The van der Waals surface area contributed by atoms with E-state index < -0.39 is 11.8 Å². The second-order valence-corrected chi connectivity index (χ2v) is 6.86. The molecule has 1 aliphatic rings. The molecule has 0 bridgehead atoms. The summed E-state index contributed by atoms with van der Waals surface area (Å²) in [5, 5.41) is 6.88. The van der Waals surface area contributed by atoms with E-state index in [1.165, 1.54) is 17.5 Å². The van der Waals surface area contributed by atoms with Gasteiger partial charge < -0.3 is 15.5 Å². The van der Waals surface area contributed by atoms with Crippen molar-refractivity contribution in [2.75, 3.05) is 18.9 Å². The number of rotatable bonds is 2. The summed E-state index contributed by atoms with van der Waals surface area (Å²) in [7, 11) is 1.39. The van der Waals surface area contributed by atoms with E-state index in [9.17, 15) is 14.4 Å². The maximum atomic E-state index is 12.9. The van der Waals surface area contributed by atoms with Crippen LogP contribution in [0.2, 0.25) is 0 Å². The molecule has 0 saturated heterocycles. The first-order valence-electron chi connectivity index (χ1n) is 7.98. The molecule has 0 radical (unpaired) electrons. The lowest BCUT2D eigenvalue weighted by Gasteiger charge is -2.28. The third kappa shape index (κ3) is 3.41. The summed E-state index contributed by atoms with van der Waals surface area (Å²) in [5.41, 5.74) is 2.85. The molecule has 0 spiro atoms. The zero-order valence-electron chi connectivity index (χ0n) is 14.1. The molecule has 1 aromatic carbocycles. The largest absolute Gasteiger partial charge is 0.351 e. The summed E-state index contributed by atoms with van der Waals surface area (Å²) in [4.78, 5) is 39.2. The Morgan fingerprint density at radius 3 is 2.72 bits per heavy atom. The third-order valence-electron chi connectivity index (χ3n) is 4.34. The molecule has 3 rings (SSSR count). The molecule has 2 heterocycles. The van der Waals surface area contributed by atoms with Gasteiger partial charge in [0.05, 0.1) is 0 Å². The van der Waals surface area contributed by atoms with Gasteiger partial charge in [0, 0.05) is 36.3 Å². The van der Waals surface area contributed by atoms with Gasteiger partial charge in [-0.15, -0.1) is 11.3 Å². The summed E-state index contributed by atoms with van der Waals surface area (Å²) in [6, 6.07) is 7.20. The average Bonchev–Trinajstić information content (AvgIpc) is 3.09. The molecular weight excluding hydrogens is 338 g/mol. The quantitative estimate of drug-likeness (QED) is 0.806. The molecule has 2 aromatic rings. The number of amides is 3. The molecule has 25 heavy (non-hydrogen) atoms. The van der Waals surface area contributed by atoms with Crippen molar-refractivity contribution in [2.24, 2.45) is 0 Å². The molecular formula is C18H19N3O3S. The van der Waals surface area contributed by atoms with Crippen molar-refractivity contribution in [1.82, 2.24) is 10.2 Å². The Morgan fingerprint density at radius 2 is 1.96 bits per heavy atom. The standard InChI is InChI=1S/C18H19N3O3S/c1-11-13(4-3-5-14(11)20-17(23)16(22)19-2)18(24)21-8-6-15-12(10-21)7-9-25-15/h3-5,7,9H,6,8,10H2,1-2H3,(H,19,22)(H,20,23). The lowest BCUT2D eigenvalue weighted by atomic mass is 10.0. The smallest absolute Gasteiger partial charge is 0.313 e. The lowest BCUT2D eigenvalue weighted by Crippen LogP contribution is -2.36. The Kier molecular flexibility index (Phi) is 4.85. The predicted molar refractivity (Wildman–Crippen MR) is 96.6 cm³/mol. The van der Waals surface area contributed by atoms with Crippen molar-refractivity contribution >= 4 is 34.7 Å². The SMILES string of the molecule is CNC(=O)C(=O)Nc1cccc(C(=O)N2CCc3sccc3C2)c1C. The zero-order valence-corrected chi connectivity index (χ0v) is 14.9. The van der Waals surface area contributed by atoms with Crippen molar-refractivity contribution in [3.05, 3.63) is 51.2 Å².